The molecule has 58 valence electrons. The van der Waals surface area contributed by atoms with Gasteiger partial charge in [0.15, 0.2) is 0 Å². The zero-order chi connectivity index (χ0) is 7.14. The van der Waals surface area contributed by atoms with Crippen molar-refractivity contribution in [3.63, 3.8) is 0 Å². The highest BCUT2D eigenvalue weighted by molar-refractivity contribution is 4.98. The van der Waals surface area contributed by atoms with E-state index in [-0.39, 0.29) is 0 Å². The van der Waals surface area contributed by atoms with Crippen LogP contribution in [-0.4, -0.2) is 12.6 Å². The lowest BCUT2D eigenvalue weighted by Crippen LogP contribution is -2.44. The molecule has 0 bridgehead atoms. The van der Waals surface area contributed by atoms with Crippen molar-refractivity contribution in [2.45, 2.75) is 25.3 Å². The quantitative estimate of drug-likeness (QED) is 0.551. The van der Waals surface area contributed by atoms with E-state index in [0.29, 0.717) is 6.04 Å². The van der Waals surface area contributed by atoms with Crippen molar-refractivity contribution in [3.8, 4) is 0 Å². The molecule has 0 amide bonds. The van der Waals surface area contributed by atoms with Gasteiger partial charge in [0, 0.05) is 6.04 Å². The summed E-state index contributed by atoms with van der Waals surface area (Å²) in [4.78, 5) is 0. The van der Waals surface area contributed by atoms with Gasteiger partial charge in [-0.2, -0.15) is 0 Å². The molecule has 2 aliphatic rings. The average Bonchev–Trinajstić information content (AvgIpc) is 2.26. The minimum Gasteiger partial charge on any atom is -0.330 e. The fourth-order valence-electron chi connectivity index (χ4n) is 2.59. The number of rotatable bonds is 1. The molecular weight excluding hydrogens is 124 g/mol. The van der Waals surface area contributed by atoms with Crippen molar-refractivity contribution in [1.82, 2.24) is 0 Å². The molecule has 0 aromatic carbocycles. The number of nitrogens with two attached hydrogens (primary N) is 2. The van der Waals surface area contributed by atoms with Crippen molar-refractivity contribution in [1.29, 1.82) is 0 Å². The van der Waals surface area contributed by atoms with Gasteiger partial charge >= 0.3 is 0 Å². The summed E-state index contributed by atoms with van der Waals surface area (Å²) in [7, 11) is 0. The van der Waals surface area contributed by atoms with Gasteiger partial charge in [-0.25, -0.2) is 0 Å². The lowest BCUT2D eigenvalue weighted by Gasteiger charge is -2.37. The maximum atomic E-state index is 5.84. The topological polar surface area (TPSA) is 52.0 Å². The summed E-state index contributed by atoms with van der Waals surface area (Å²) < 4.78 is 0. The lowest BCUT2D eigenvalue weighted by molar-refractivity contribution is 0.173. The zero-order valence-electron chi connectivity index (χ0n) is 6.29. The molecule has 4 N–H and O–H groups in total. The SMILES string of the molecule is NCC1CC2CC(N)C2C1. The van der Waals surface area contributed by atoms with Crippen molar-refractivity contribution in [2.75, 3.05) is 6.54 Å². The third kappa shape index (κ3) is 0.789. The van der Waals surface area contributed by atoms with Crippen LogP contribution in [-0.2, 0) is 0 Å². The third-order valence-corrected chi connectivity index (χ3v) is 3.31. The Kier molecular flexibility index (Phi) is 1.46. The van der Waals surface area contributed by atoms with Crippen molar-refractivity contribution in [3.05, 3.63) is 0 Å². The number of fused-ring (bicyclic) bond motifs is 1. The normalized spacial score (nSPS) is 52.2. The first-order valence-electron chi connectivity index (χ1n) is 4.27. The fourth-order valence-corrected chi connectivity index (χ4v) is 2.59. The standard InChI is InChI=1S/C8H16N2/c9-4-5-1-6-3-8(10)7(6)2-5/h5-8H,1-4,9-10H2. The van der Waals surface area contributed by atoms with E-state index in [1.165, 1.54) is 19.3 Å². The van der Waals surface area contributed by atoms with E-state index < -0.39 is 0 Å². The largest absolute Gasteiger partial charge is 0.330 e. The van der Waals surface area contributed by atoms with Gasteiger partial charge in [-0.1, -0.05) is 0 Å². The Morgan fingerprint density at radius 1 is 1.20 bits per heavy atom. The van der Waals surface area contributed by atoms with E-state index in [1.54, 1.807) is 0 Å². The molecule has 2 heteroatoms. The summed E-state index contributed by atoms with van der Waals surface area (Å²) in [5, 5.41) is 0. The highest BCUT2D eigenvalue weighted by Gasteiger charge is 2.45. The van der Waals surface area contributed by atoms with Gasteiger partial charge in [-0.3, -0.25) is 0 Å². The second kappa shape index (κ2) is 2.21. The van der Waals surface area contributed by atoms with Crippen molar-refractivity contribution >= 4 is 0 Å². The second-order valence-electron chi connectivity index (χ2n) is 3.90. The van der Waals surface area contributed by atoms with Crippen LogP contribution in [0.25, 0.3) is 0 Å². The summed E-state index contributed by atoms with van der Waals surface area (Å²) in [6.07, 6.45) is 3.93. The van der Waals surface area contributed by atoms with Crippen LogP contribution >= 0.6 is 0 Å². The smallest absolute Gasteiger partial charge is 0.00726 e. The van der Waals surface area contributed by atoms with Crippen LogP contribution in [0.4, 0.5) is 0 Å². The predicted molar refractivity (Wildman–Crippen MR) is 41.4 cm³/mol. The molecule has 10 heavy (non-hydrogen) atoms. The van der Waals surface area contributed by atoms with Crippen molar-refractivity contribution < 1.29 is 0 Å². The molecular formula is C8H16N2. The Hall–Kier alpha value is -0.0800. The summed E-state index contributed by atoms with van der Waals surface area (Å²) >= 11 is 0. The minimum absolute atomic E-state index is 0.515. The number of hydrogen-bond acceptors (Lipinski definition) is 2. The Balaban J connectivity index is 1.93. The third-order valence-electron chi connectivity index (χ3n) is 3.31. The maximum Gasteiger partial charge on any atom is 0.00726 e. The molecule has 4 atom stereocenters. The molecule has 0 aromatic heterocycles. The first-order valence-corrected chi connectivity index (χ1v) is 4.27. The molecule has 0 heterocycles. The molecule has 0 aliphatic heterocycles. The second-order valence-corrected chi connectivity index (χ2v) is 3.90. The molecule has 0 saturated heterocycles. The van der Waals surface area contributed by atoms with E-state index in [2.05, 4.69) is 0 Å². The predicted octanol–water partition coefficient (Wildman–Crippen LogP) is 0.319. The molecule has 2 nitrogen and oxygen atoms in total. The van der Waals surface area contributed by atoms with Gasteiger partial charge in [0.2, 0.25) is 0 Å². The van der Waals surface area contributed by atoms with E-state index in [0.717, 1.165) is 24.3 Å². The molecule has 2 rings (SSSR count). The summed E-state index contributed by atoms with van der Waals surface area (Å²) in [5.41, 5.74) is 11.4. The van der Waals surface area contributed by atoms with Gasteiger partial charge in [0.05, 0.1) is 0 Å². The van der Waals surface area contributed by atoms with Crippen LogP contribution in [0.2, 0.25) is 0 Å². The van der Waals surface area contributed by atoms with Crippen LogP contribution in [0.5, 0.6) is 0 Å². The first kappa shape index (κ1) is 6.62. The number of hydrogen-bond donors (Lipinski definition) is 2. The van der Waals surface area contributed by atoms with Gasteiger partial charge in [0.25, 0.3) is 0 Å². The van der Waals surface area contributed by atoms with E-state index >= 15 is 0 Å². The zero-order valence-corrected chi connectivity index (χ0v) is 6.29. The van der Waals surface area contributed by atoms with Crippen LogP contribution in [0.3, 0.4) is 0 Å². The van der Waals surface area contributed by atoms with E-state index in [4.69, 9.17) is 11.5 Å². The van der Waals surface area contributed by atoms with Gasteiger partial charge in [-0.05, 0) is 43.6 Å². The Labute approximate surface area is 62.0 Å². The molecule has 0 radical (unpaired) electrons. The van der Waals surface area contributed by atoms with Crippen molar-refractivity contribution in [2.24, 2.45) is 29.2 Å². The van der Waals surface area contributed by atoms with E-state index in [1.807, 2.05) is 0 Å². The molecule has 2 aliphatic carbocycles. The fraction of sp³-hybridized carbons (Fsp3) is 1.00. The average molecular weight is 140 g/mol. The van der Waals surface area contributed by atoms with Gasteiger partial charge < -0.3 is 11.5 Å². The maximum absolute atomic E-state index is 5.84. The highest BCUT2D eigenvalue weighted by atomic mass is 14.7. The Morgan fingerprint density at radius 2 is 2.00 bits per heavy atom. The first-order chi connectivity index (χ1) is 4.81. The molecule has 2 saturated carbocycles. The van der Waals surface area contributed by atoms with E-state index in [9.17, 15) is 0 Å². The van der Waals surface area contributed by atoms with Gasteiger partial charge in [-0.15, -0.1) is 0 Å². The summed E-state index contributed by atoms with van der Waals surface area (Å²) in [6.45, 7) is 0.875. The Morgan fingerprint density at radius 3 is 2.50 bits per heavy atom. The van der Waals surface area contributed by atoms with Crippen LogP contribution in [0.15, 0.2) is 0 Å². The monoisotopic (exact) mass is 140 g/mol. The Bertz CT molecular complexity index is 135. The molecule has 0 spiro atoms. The molecule has 0 aromatic rings. The molecule has 2 fully saturated rings. The van der Waals surface area contributed by atoms with Crippen LogP contribution < -0.4 is 11.5 Å². The summed E-state index contributed by atoms with van der Waals surface area (Å²) in [6, 6.07) is 0.515. The summed E-state index contributed by atoms with van der Waals surface area (Å²) in [5.74, 6) is 2.58. The van der Waals surface area contributed by atoms with Gasteiger partial charge in [0.1, 0.15) is 0 Å². The van der Waals surface area contributed by atoms with Crippen LogP contribution in [0, 0.1) is 17.8 Å². The highest BCUT2D eigenvalue weighted by Crippen LogP contribution is 2.48. The van der Waals surface area contributed by atoms with Crippen LogP contribution in [0.1, 0.15) is 19.3 Å². The molecule has 4 unspecified atom stereocenters. The lowest BCUT2D eigenvalue weighted by atomic mass is 9.72. The minimum atomic E-state index is 0.515.